The Bertz CT molecular complexity index is 744. The number of fused-ring (bicyclic) bond motifs is 1. The second kappa shape index (κ2) is 5.20. The number of nitrogens with zero attached hydrogens (tertiary/aromatic N) is 2. The fraction of sp³-hybridized carbons (Fsp3) is 0.267. The fourth-order valence-electron chi connectivity index (χ4n) is 2.62. The van der Waals surface area contributed by atoms with E-state index in [0.29, 0.717) is 0 Å². The van der Waals surface area contributed by atoms with Gasteiger partial charge in [0.1, 0.15) is 5.82 Å². The second-order valence-corrected chi connectivity index (χ2v) is 6.71. The van der Waals surface area contributed by atoms with Crippen LogP contribution in [0.25, 0.3) is 11.0 Å². The van der Waals surface area contributed by atoms with Crippen LogP contribution in [0.2, 0.25) is 4.34 Å². The zero-order valence-electron chi connectivity index (χ0n) is 11.4. The Kier molecular flexibility index (Phi) is 3.54. The van der Waals surface area contributed by atoms with Gasteiger partial charge in [0.25, 0.3) is 0 Å². The van der Waals surface area contributed by atoms with Crippen LogP contribution in [0, 0.1) is 6.92 Å². The van der Waals surface area contributed by atoms with E-state index in [9.17, 15) is 0 Å². The molecular weight excluding hydrogens is 290 g/mol. The van der Waals surface area contributed by atoms with Crippen LogP contribution in [0.4, 0.5) is 0 Å². The minimum atomic E-state index is -0.0268. The molecule has 0 fully saturated rings. The van der Waals surface area contributed by atoms with Gasteiger partial charge in [0, 0.05) is 10.9 Å². The summed E-state index contributed by atoms with van der Waals surface area (Å²) in [6.07, 6.45) is 0. The van der Waals surface area contributed by atoms with E-state index < -0.39 is 0 Å². The van der Waals surface area contributed by atoms with Gasteiger partial charge in [0.15, 0.2) is 0 Å². The normalized spacial score (nSPS) is 14.6. The molecule has 1 aromatic carbocycles. The van der Waals surface area contributed by atoms with E-state index in [4.69, 9.17) is 17.3 Å². The summed E-state index contributed by atoms with van der Waals surface area (Å²) >= 11 is 7.66. The zero-order chi connectivity index (χ0) is 14.3. The molecule has 0 aliphatic heterocycles. The number of rotatable bonds is 3. The predicted molar refractivity (Wildman–Crippen MR) is 85.6 cm³/mol. The second-order valence-electron chi connectivity index (χ2n) is 4.96. The van der Waals surface area contributed by atoms with Crippen molar-refractivity contribution in [1.82, 2.24) is 9.55 Å². The van der Waals surface area contributed by atoms with Crippen molar-refractivity contribution in [3.05, 3.63) is 51.4 Å². The lowest BCUT2D eigenvalue weighted by Crippen LogP contribution is -2.30. The third kappa shape index (κ3) is 2.24. The van der Waals surface area contributed by atoms with Gasteiger partial charge in [-0.2, -0.15) is 0 Å². The molecule has 2 heterocycles. The summed E-state index contributed by atoms with van der Waals surface area (Å²) in [5, 5.41) is 0. The molecule has 20 heavy (non-hydrogen) atoms. The maximum atomic E-state index is 6.24. The molecule has 0 bridgehead atoms. The highest BCUT2D eigenvalue weighted by Gasteiger charge is 2.23. The molecule has 0 saturated heterocycles. The molecule has 0 aliphatic carbocycles. The fourth-order valence-corrected chi connectivity index (χ4v) is 3.89. The van der Waals surface area contributed by atoms with Gasteiger partial charge in [-0.15, -0.1) is 11.3 Å². The van der Waals surface area contributed by atoms with E-state index in [1.54, 1.807) is 11.3 Å². The molecule has 2 aromatic heterocycles. The van der Waals surface area contributed by atoms with Gasteiger partial charge in [-0.1, -0.05) is 23.7 Å². The van der Waals surface area contributed by atoms with E-state index in [1.807, 2.05) is 38.1 Å². The summed E-state index contributed by atoms with van der Waals surface area (Å²) in [4.78, 5) is 5.79. The summed E-state index contributed by atoms with van der Waals surface area (Å²) in [5.74, 6) is 0.970. The van der Waals surface area contributed by atoms with Crippen molar-refractivity contribution < 1.29 is 0 Å². The quantitative estimate of drug-likeness (QED) is 0.795. The first kappa shape index (κ1) is 13.6. The molecular formula is C15H16ClN3S. The van der Waals surface area contributed by atoms with Gasteiger partial charge in [-0.25, -0.2) is 4.98 Å². The highest BCUT2D eigenvalue weighted by atomic mass is 35.5. The van der Waals surface area contributed by atoms with E-state index in [1.165, 1.54) is 0 Å². The first-order valence-electron chi connectivity index (χ1n) is 6.52. The minimum absolute atomic E-state index is 0.0268. The first-order valence-corrected chi connectivity index (χ1v) is 7.72. The maximum Gasteiger partial charge on any atom is 0.107 e. The Morgan fingerprint density at radius 1 is 1.25 bits per heavy atom. The number of para-hydroxylation sites is 2. The Hall–Kier alpha value is -1.36. The largest absolute Gasteiger partial charge is 0.326 e. The Morgan fingerprint density at radius 3 is 2.65 bits per heavy atom. The highest BCUT2D eigenvalue weighted by Crippen LogP contribution is 2.33. The van der Waals surface area contributed by atoms with Gasteiger partial charge in [0.2, 0.25) is 0 Å². The number of thiophene rings is 1. The Morgan fingerprint density at radius 2 is 2.00 bits per heavy atom. The average Bonchev–Trinajstić information content (AvgIpc) is 2.95. The third-order valence-corrected chi connectivity index (χ3v) is 4.74. The summed E-state index contributed by atoms with van der Waals surface area (Å²) in [6, 6.07) is 12.1. The van der Waals surface area contributed by atoms with Crippen molar-refractivity contribution in [2.24, 2.45) is 5.73 Å². The van der Waals surface area contributed by atoms with Gasteiger partial charge < -0.3 is 10.3 Å². The van der Waals surface area contributed by atoms with Gasteiger partial charge in [-0.05, 0) is 38.1 Å². The van der Waals surface area contributed by atoms with Crippen molar-refractivity contribution >= 4 is 34.0 Å². The molecule has 2 unspecified atom stereocenters. The van der Waals surface area contributed by atoms with E-state index in [2.05, 4.69) is 21.7 Å². The molecule has 3 rings (SSSR count). The lowest BCUT2D eigenvalue weighted by atomic mass is 10.1. The molecule has 0 radical (unpaired) electrons. The van der Waals surface area contributed by atoms with E-state index in [-0.39, 0.29) is 12.1 Å². The topological polar surface area (TPSA) is 43.8 Å². The zero-order valence-corrected chi connectivity index (χ0v) is 12.9. The number of aromatic nitrogens is 2. The first-order chi connectivity index (χ1) is 9.58. The van der Waals surface area contributed by atoms with Crippen LogP contribution in [0.15, 0.2) is 36.4 Å². The van der Waals surface area contributed by atoms with E-state index in [0.717, 1.165) is 26.1 Å². The predicted octanol–water partition coefficient (Wildman–Crippen LogP) is 4.00. The van der Waals surface area contributed by atoms with Gasteiger partial charge in [0.05, 0.1) is 21.4 Å². The number of hydrogen-bond acceptors (Lipinski definition) is 3. The van der Waals surface area contributed by atoms with Crippen molar-refractivity contribution in [3.8, 4) is 0 Å². The maximum absolute atomic E-state index is 6.24. The molecule has 0 amide bonds. The van der Waals surface area contributed by atoms with Crippen LogP contribution in [0.3, 0.4) is 0 Å². The number of hydrogen-bond donors (Lipinski definition) is 1. The van der Waals surface area contributed by atoms with E-state index >= 15 is 0 Å². The average molecular weight is 306 g/mol. The molecule has 104 valence electrons. The summed E-state index contributed by atoms with van der Waals surface area (Å²) in [6.45, 7) is 4.04. The summed E-state index contributed by atoms with van der Waals surface area (Å²) in [5.41, 5.74) is 8.35. The van der Waals surface area contributed by atoms with Crippen molar-refractivity contribution in [2.75, 3.05) is 0 Å². The highest BCUT2D eigenvalue weighted by molar-refractivity contribution is 7.16. The minimum Gasteiger partial charge on any atom is -0.326 e. The standard InChI is InChI=1S/C15H16ClN3S/c1-9(17)15(13-7-8-14(16)20-13)19-10(2)18-11-5-3-4-6-12(11)19/h3-9,15H,17H2,1-2H3. The number of imidazole rings is 1. The van der Waals surface area contributed by atoms with Crippen molar-refractivity contribution in [2.45, 2.75) is 25.9 Å². The number of nitrogens with two attached hydrogens (primary N) is 1. The van der Waals surface area contributed by atoms with Crippen molar-refractivity contribution in [3.63, 3.8) is 0 Å². The number of halogens is 1. The molecule has 2 N–H and O–H groups in total. The molecule has 0 aliphatic rings. The third-order valence-electron chi connectivity index (χ3n) is 3.43. The van der Waals surface area contributed by atoms with Crippen LogP contribution in [-0.2, 0) is 0 Å². The molecule has 3 aromatic rings. The lowest BCUT2D eigenvalue weighted by Gasteiger charge is -2.23. The summed E-state index contributed by atoms with van der Waals surface area (Å²) in [7, 11) is 0. The Balaban J connectivity index is 2.22. The van der Waals surface area contributed by atoms with Crippen LogP contribution in [0.5, 0.6) is 0 Å². The van der Waals surface area contributed by atoms with Gasteiger partial charge >= 0.3 is 0 Å². The van der Waals surface area contributed by atoms with Crippen LogP contribution in [0.1, 0.15) is 23.7 Å². The molecule has 2 atom stereocenters. The Labute approximate surface area is 127 Å². The summed E-state index contributed by atoms with van der Waals surface area (Å²) < 4.78 is 3.00. The van der Waals surface area contributed by atoms with Gasteiger partial charge in [-0.3, -0.25) is 0 Å². The molecule has 0 spiro atoms. The van der Waals surface area contributed by atoms with Crippen LogP contribution in [-0.4, -0.2) is 15.6 Å². The number of benzene rings is 1. The lowest BCUT2D eigenvalue weighted by molar-refractivity contribution is 0.505. The SMILES string of the molecule is Cc1nc2ccccc2n1C(c1ccc(Cl)s1)C(C)N. The van der Waals surface area contributed by atoms with Crippen molar-refractivity contribution in [1.29, 1.82) is 0 Å². The monoisotopic (exact) mass is 305 g/mol. The molecule has 5 heteroatoms. The van der Waals surface area contributed by atoms with Crippen LogP contribution < -0.4 is 5.73 Å². The molecule has 3 nitrogen and oxygen atoms in total. The molecule has 0 saturated carbocycles. The smallest absolute Gasteiger partial charge is 0.107 e. The number of aryl methyl sites for hydroxylation is 1. The van der Waals surface area contributed by atoms with Crippen LogP contribution >= 0.6 is 22.9 Å².